The third-order valence-electron chi connectivity index (χ3n) is 2.69. The van der Waals surface area contributed by atoms with Crippen LogP contribution in [0.1, 0.15) is 5.69 Å². The normalized spacial score (nSPS) is 10.2. The van der Waals surface area contributed by atoms with Crippen molar-refractivity contribution < 1.29 is 4.74 Å². The molecule has 3 heterocycles. The van der Waals surface area contributed by atoms with Crippen LogP contribution in [0, 0.1) is 0 Å². The third-order valence-corrected chi connectivity index (χ3v) is 2.69. The molecule has 0 aliphatic rings. The molecule has 5 nitrogen and oxygen atoms in total. The van der Waals surface area contributed by atoms with E-state index in [-0.39, 0.29) is 0 Å². The molecule has 0 aromatic carbocycles. The molecule has 3 aromatic rings. The van der Waals surface area contributed by atoms with E-state index in [2.05, 4.69) is 20.2 Å². The molecule has 20 heavy (non-hydrogen) atoms. The zero-order valence-corrected chi connectivity index (χ0v) is 10.7. The molecular formula is C15H12N4O. The van der Waals surface area contributed by atoms with Gasteiger partial charge in [0.25, 0.3) is 0 Å². The maximum atomic E-state index is 5.77. The molecular weight excluding hydrogens is 252 g/mol. The Morgan fingerprint density at radius 2 is 1.70 bits per heavy atom. The molecule has 0 fully saturated rings. The summed E-state index contributed by atoms with van der Waals surface area (Å²) in [5.74, 6) is 0.643. The average Bonchev–Trinajstić information content (AvgIpc) is 2.55. The minimum atomic E-state index is 0.381. The smallest absolute Gasteiger partial charge is 0.153 e. The lowest BCUT2D eigenvalue weighted by Gasteiger charge is -2.08. The second kappa shape index (κ2) is 5.88. The van der Waals surface area contributed by atoms with Gasteiger partial charge in [-0.2, -0.15) is 5.10 Å². The first-order valence-electron chi connectivity index (χ1n) is 6.19. The molecule has 0 spiro atoms. The van der Waals surface area contributed by atoms with Crippen LogP contribution in [0.2, 0.25) is 0 Å². The monoisotopic (exact) mass is 264 g/mol. The van der Waals surface area contributed by atoms with Crippen LogP contribution in [0.3, 0.4) is 0 Å². The molecule has 3 aromatic heterocycles. The van der Waals surface area contributed by atoms with Crippen LogP contribution in [0.15, 0.2) is 61.1 Å². The first-order chi connectivity index (χ1) is 9.93. The van der Waals surface area contributed by atoms with Gasteiger partial charge in [0.15, 0.2) is 11.4 Å². The molecule has 0 bridgehead atoms. The van der Waals surface area contributed by atoms with Crippen molar-refractivity contribution in [2.24, 2.45) is 0 Å². The molecule has 0 saturated heterocycles. The van der Waals surface area contributed by atoms with Gasteiger partial charge in [0.2, 0.25) is 0 Å². The third kappa shape index (κ3) is 2.77. The van der Waals surface area contributed by atoms with Crippen molar-refractivity contribution in [3.05, 3.63) is 66.7 Å². The number of rotatable bonds is 4. The summed E-state index contributed by atoms with van der Waals surface area (Å²) >= 11 is 0. The van der Waals surface area contributed by atoms with E-state index in [1.807, 2.05) is 36.4 Å². The number of ether oxygens (including phenoxy) is 1. The van der Waals surface area contributed by atoms with E-state index in [0.29, 0.717) is 18.1 Å². The summed E-state index contributed by atoms with van der Waals surface area (Å²) < 4.78 is 5.77. The average molecular weight is 264 g/mol. The summed E-state index contributed by atoms with van der Waals surface area (Å²) in [4.78, 5) is 8.49. The minimum absolute atomic E-state index is 0.381. The molecule has 98 valence electrons. The van der Waals surface area contributed by atoms with Crippen LogP contribution in [-0.2, 0) is 6.61 Å². The van der Waals surface area contributed by atoms with Crippen molar-refractivity contribution in [3.8, 4) is 17.1 Å². The van der Waals surface area contributed by atoms with Crippen molar-refractivity contribution >= 4 is 0 Å². The van der Waals surface area contributed by atoms with Crippen LogP contribution < -0.4 is 4.74 Å². The lowest BCUT2D eigenvalue weighted by molar-refractivity contribution is 0.301. The molecule has 0 saturated carbocycles. The standard InChI is InChI=1S/C15H12N4O/c1-3-8-16-12(5-1)11-20-14-7-10-18-19-15(14)13-6-2-4-9-17-13/h1-10H,11H2. The van der Waals surface area contributed by atoms with Gasteiger partial charge in [-0.3, -0.25) is 9.97 Å². The van der Waals surface area contributed by atoms with Crippen LogP contribution >= 0.6 is 0 Å². The summed E-state index contributed by atoms with van der Waals surface area (Å²) in [6, 6.07) is 13.1. The molecule has 0 unspecified atom stereocenters. The Morgan fingerprint density at radius 3 is 2.45 bits per heavy atom. The summed E-state index contributed by atoms with van der Waals surface area (Å²) in [5.41, 5.74) is 2.22. The zero-order chi connectivity index (χ0) is 13.6. The van der Waals surface area contributed by atoms with Crippen LogP contribution in [0.5, 0.6) is 5.75 Å². The van der Waals surface area contributed by atoms with Gasteiger partial charge in [-0.15, -0.1) is 5.10 Å². The highest BCUT2D eigenvalue weighted by atomic mass is 16.5. The fourth-order valence-corrected chi connectivity index (χ4v) is 1.75. The Bertz CT molecular complexity index is 674. The number of pyridine rings is 2. The lowest BCUT2D eigenvalue weighted by atomic mass is 10.2. The van der Waals surface area contributed by atoms with Crippen molar-refractivity contribution in [2.45, 2.75) is 6.61 Å². The van der Waals surface area contributed by atoms with Gasteiger partial charge >= 0.3 is 0 Å². The quantitative estimate of drug-likeness (QED) is 0.724. The topological polar surface area (TPSA) is 60.8 Å². The number of aromatic nitrogens is 4. The van der Waals surface area contributed by atoms with Crippen molar-refractivity contribution in [1.29, 1.82) is 0 Å². The molecule has 0 aliphatic heterocycles. The molecule has 0 amide bonds. The van der Waals surface area contributed by atoms with Crippen molar-refractivity contribution in [3.63, 3.8) is 0 Å². The largest absolute Gasteiger partial charge is 0.485 e. The predicted octanol–water partition coefficient (Wildman–Crippen LogP) is 2.51. The van der Waals surface area contributed by atoms with E-state index in [4.69, 9.17) is 4.74 Å². The number of hydrogen-bond donors (Lipinski definition) is 0. The summed E-state index contributed by atoms with van der Waals surface area (Å²) in [6.07, 6.45) is 5.05. The maximum Gasteiger partial charge on any atom is 0.153 e. The van der Waals surface area contributed by atoms with Crippen LogP contribution in [0.25, 0.3) is 11.4 Å². The van der Waals surface area contributed by atoms with Gasteiger partial charge in [-0.1, -0.05) is 12.1 Å². The fraction of sp³-hybridized carbons (Fsp3) is 0.0667. The van der Waals surface area contributed by atoms with E-state index in [0.717, 1.165) is 11.4 Å². The highest BCUT2D eigenvalue weighted by molar-refractivity contribution is 5.61. The van der Waals surface area contributed by atoms with E-state index in [9.17, 15) is 0 Å². The molecule has 3 rings (SSSR count). The maximum absolute atomic E-state index is 5.77. The predicted molar refractivity (Wildman–Crippen MR) is 73.8 cm³/mol. The van der Waals surface area contributed by atoms with Gasteiger partial charge in [0.1, 0.15) is 6.61 Å². The van der Waals surface area contributed by atoms with Gasteiger partial charge in [0.05, 0.1) is 17.6 Å². The Kier molecular flexibility index (Phi) is 3.59. The molecule has 0 atom stereocenters. The van der Waals surface area contributed by atoms with Crippen molar-refractivity contribution in [2.75, 3.05) is 0 Å². The Labute approximate surface area is 116 Å². The Hall–Kier alpha value is -2.82. The van der Waals surface area contributed by atoms with Gasteiger partial charge in [-0.25, -0.2) is 0 Å². The molecule has 0 aliphatic carbocycles. The Balaban J connectivity index is 1.84. The molecule has 0 N–H and O–H groups in total. The number of nitrogens with zero attached hydrogens (tertiary/aromatic N) is 4. The zero-order valence-electron chi connectivity index (χ0n) is 10.7. The number of hydrogen-bond acceptors (Lipinski definition) is 5. The van der Waals surface area contributed by atoms with Crippen molar-refractivity contribution in [1.82, 2.24) is 20.2 Å². The Morgan fingerprint density at radius 1 is 0.850 bits per heavy atom. The highest BCUT2D eigenvalue weighted by Crippen LogP contribution is 2.25. The van der Waals surface area contributed by atoms with Crippen LogP contribution in [0.4, 0.5) is 0 Å². The summed E-state index contributed by atoms with van der Waals surface area (Å²) in [6.45, 7) is 0.381. The molecule has 5 heteroatoms. The highest BCUT2D eigenvalue weighted by Gasteiger charge is 2.09. The van der Waals surface area contributed by atoms with E-state index >= 15 is 0 Å². The van der Waals surface area contributed by atoms with E-state index < -0.39 is 0 Å². The van der Waals surface area contributed by atoms with Gasteiger partial charge in [-0.05, 0) is 24.3 Å². The SMILES string of the molecule is c1ccc(COc2ccnnc2-c2ccccn2)nc1. The van der Waals surface area contributed by atoms with E-state index in [1.165, 1.54) is 0 Å². The fourth-order valence-electron chi connectivity index (χ4n) is 1.75. The molecule has 0 radical (unpaired) electrons. The second-order valence-electron chi connectivity index (χ2n) is 4.07. The van der Waals surface area contributed by atoms with E-state index in [1.54, 1.807) is 24.7 Å². The lowest BCUT2D eigenvalue weighted by Crippen LogP contribution is -2.01. The first kappa shape index (κ1) is 12.2. The van der Waals surface area contributed by atoms with Gasteiger partial charge in [0, 0.05) is 18.5 Å². The van der Waals surface area contributed by atoms with Gasteiger partial charge < -0.3 is 4.74 Å². The van der Waals surface area contributed by atoms with Crippen LogP contribution in [-0.4, -0.2) is 20.2 Å². The summed E-state index contributed by atoms with van der Waals surface area (Å²) in [7, 11) is 0. The first-order valence-corrected chi connectivity index (χ1v) is 6.19. The second-order valence-corrected chi connectivity index (χ2v) is 4.07. The summed E-state index contributed by atoms with van der Waals surface area (Å²) in [5, 5.41) is 7.99. The minimum Gasteiger partial charge on any atom is -0.485 e.